The minimum Gasteiger partial charge on any atom is -0.482 e. The van der Waals surface area contributed by atoms with E-state index < -0.39 is 6.04 Å². The molecule has 0 bridgehead atoms. The molecule has 5 rings (SSSR count). The monoisotopic (exact) mass is 498 g/mol. The van der Waals surface area contributed by atoms with Crippen LogP contribution >= 0.6 is 11.3 Å². The number of carbonyl (C=O) groups is 2. The van der Waals surface area contributed by atoms with E-state index in [0.717, 1.165) is 44.3 Å². The van der Waals surface area contributed by atoms with Crippen LogP contribution < -0.4 is 15.0 Å². The van der Waals surface area contributed by atoms with Crippen molar-refractivity contribution >= 4 is 34.5 Å². The van der Waals surface area contributed by atoms with Gasteiger partial charge in [0.05, 0.1) is 17.1 Å². The van der Waals surface area contributed by atoms with Crippen LogP contribution in [0.2, 0.25) is 0 Å². The first kappa shape index (κ1) is 23.7. The predicted octanol–water partition coefficient (Wildman–Crippen LogP) is 5.55. The van der Waals surface area contributed by atoms with E-state index in [-0.39, 0.29) is 18.4 Å². The van der Waals surface area contributed by atoms with Crippen molar-refractivity contribution in [1.29, 1.82) is 0 Å². The third-order valence-electron chi connectivity index (χ3n) is 6.21. The Hall–Kier alpha value is -4.04. The SMILES string of the molecule is Cc1cc(C)c(NC(=O)C(C)N2C(=O)COc3ccc(-c4csc(-c5ccccn5)n4)cc32)c(C)c1. The number of pyridine rings is 1. The highest BCUT2D eigenvalue weighted by Crippen LogP contribution is 2.38. The van der Waals surface area contributed by atoms with Crippen molar-refractivity contribution < 1.29 is 14.3 Å². The summed E-state index contributed by atoms with van der Waals surface area (Å²) in [6.07, 6.45) is 1.74. The van der Waals surface area contributed by atoms with Crippen LogP contribution in [0.3, 0.4) is 0 Å². The summed E-state index contributed by atoms with van der Waals surface area (Å²) in [6.45, 7) is 7.57. The van der Waals surface area contributed by atoms with Crippen LogP contribution in [0.15, 0.2) is 60.1 Å². The lowest BCUT2D eigenvalue weighted by Gasteiger charge is -2.33. The van der Waals surface area contributed by atoms with Crippen LogP contribution in [0.25, 0.3) is 22.0 Å². The number of nitrogens with one attached hydrogen (secondary N) is 1. The van der Waals surface area contributed by atoms with Crippen molar-refractivity contribution in [1.82, 2.24) is 9.97 Å². The molecule has 1 unspecified atom stereocenters. The quantitative estimate of drug-likeness (QED) is 0.390. The molecule has 0 saturated heterocycles. The molecule has 182 valence electrons. The second-order valence-corrected chi connectivity index (χ2v) is 9.78. The number of anilines is 2. The summed E-state index contributed by atoms with van der Waals surface area (Å²) < 4.78 is 5.68. The van der Waals surface area contributed by atoms with E-state index in [0.29, 0.717) is 11.4 Å². The molecule has 0 spiro atoms. The minimum atomic E-state index is -0.741. The van der Waals surface area contributed by atoms with E-state index in [9.17, 15) is 9.59 Å². The molecule has 1 aliphatic heterocycles. The molecule has 4 aromatic rings. The van der Waals surface area contributed by atoms with Crippen LogP contribution in [-0.2, 0) is 9.59 Å². The van der Waals surface area contributed by atoms with Gasteiger partial charge < -0.3 is 10.1 Å². The zero-order valence-corrected chi connectivity index (χ0v) is 21.3. The normalized spacial score (nSPS) is 13.7. The molecule has 3 heterocycles. The van der Waals surface area contributed by atoms with Gasteiger partial charge in [0.1, 0.15) is 16.8 Å². The standard InChI is InChI=1S/C28H26N4O3S/c1-16-11-17(2)26(18(3)12-16)31-27(34)19(4)32-23-13-20(8-9-24(23)35-14-25(32)33)22-15-36-28(30-22)21-7-5-6-10-29-21/h5-13,15,19H,14H2,1-4H3,(H,31,34). The maximum atomic E-state index is 13.3. The van der Waals surface area contributed by atoms with Crippen LogP contribution in [-0.4, -0.2) is 34.4 Å². The summed E-state index contributed by atoms with van der Waals surface area (Å²) in [7, 11) is 0. The lowest BCUT2D eigenvalue weighted by Crippen LogP contribution is -2.49. The number of carbonyl (C=O) groups excluding carboxylic acids is 2. The highest BCUT2D eigenvalue weighted by molar-refractivity contribution is 7.13. The number of aromatic nitrogens is 2. The Morgan fingerprint density at radius 1 is 1.08 bits per heavy atom. The van der Waals surface area contributed by atoms with Gasteiger partial charge in [0, 0.05) is 22.8 Å². The van der Waals surface area contributed by atoms with Crippen molar-refractivity contribution in [2.45, 2.75) is 33.7 Å². The van der Waals surface area contributed by atoms with Crippen LogP contribution in [0.4, 0.5) is 11.4 Å². The van der Waals surface area contributed by atoms with E-state index in [1.165, 1.54) is 16.2 Å². The zero-order chi connectivity index (χ0) is 25.4. The van der Waals surface area contributed by atoms with Gasteiger partial charge in [0.2, 0.25) is 5.91 Å². The molecular weight excluding hydrogens is 472 g/mol. The number of fused-ring (bicyclic) bond motifs is 1. The molecule has 7 nitrogen and oxygen atoms in total. The molecule has 2 aromatic carbocycles. The second kappa shape index (κ2) is 9.54. The topological polar surface area (TPSA) is 84.4 Å². The molecule has 8 heteroatoms. The molecule has 0 radical (unpaired) electrons. The Labute approximate surface area is 213 Å². The van der Waals surface area contributed by atoms with Gasteiger partial charge in [-0.25, -0.2) is 4.98 Å². The Morgan fingerprint density at radius 2 is 1.86 bits per heavy atom. The van der Waals surface area contributed by atoms with E-state index in [1.54, 1.807) is 13.1 Å². The molecule has 1 N–H and O–H groups in total. The highest BCUT2D eigenvalue weighted by atomic mass is 32.1. The fourth-order valence-electron chi connectivity index (χ4n) is 4.49. The number of rotatable bonds is 5. The summed E-state index contributed by atoms with van der Waals surface area (Å²) in [5, 5.41) is 5.80. The predicted molar refractivity (Wildman–Crippen MR) is 143 cm³/mol. The van der Waals surface area contributed by atoms with Crippen LogP contribution in [0.5, 0.6) is 5.75 Å². The molecule has 1 atom stereocenters. The number of ether oxygens (including phenoxy) is 1. The Morgan fingerprint density at radius 3 is 2.58 bits per heavy atom. The minimum absolute atomic E-state index is 0.118. The summed E-state index contributed by atoms with van der Waals surface area (Å²) in [5.41, 5.74) is 6.83. The number of aryl methyl sites for hydroxylation is 3. The molecule has 36 heavy (non-hydrogen) atoms. The third kappa shape index (κ3) is 4.47. The number of hydrogen-bond acceptors (Lipinski definition) is 6. The fraction of sp³-hybridized carbons (Fsp3) is 0.214. The number of hydrogen-bond donors (Lipinski definition) is 1. The largest absolute Gasteiger partial charge is 0.482 e. The summed E-state index contributed by atoms with van der Waals surface area (Å²) in [5.74, 6) is 0.0238. The number of thiazole rings is 1. The van der Waals surface area contributed by atoms with Crippen molar-refractivity contribution in [2.24, 2.45) is 0 Å². The molecule has 2 amide bonds. The molecule has 1 aliphatic rings. The average molecular weight is 499 g/mol. The van der Waals surface area contributed by atoms with E-state index in [4.69, 9.17) is 9.72 Å². The van der Waals surface area contributed by atoms with Gasteiger partial charge >= 0.3 is 0 Å². The second-order valence-electron chi connectivity index (χ2n) is 8.93. The average Bonchev–Trinajstić information content (AvgIpc) is 3.36. The molecule has 0 saturated carbocycles. The van der Waals surface area contributed by atoms with Gasteiger partial charge in [-0.3, -0.25) is 19.5 Å². The van der Waals surface area contributed by atoms with Gasteiger partial charge in [-0.05, 0) is 69.2 Å². The lowest BCUT2D eigenvalue weighted by atomic mass is 10.0. The Balaban J connectivity index is 1.45. The van der Waals surface area contributed by atoms with Gasteiger partial charge in [0.25, 0.3) is 5.91 Å². The Kier molecular flexibility index (Phi) is 6.28. The number of nitrogens with zero attached hydrogens (tertiary/aromatic N) is 3. The first-order valence-electron chi connectivity index (χ1n) is 11.7. The molecule has 0 aliphatic carbocycles. The summed E-state index contributed by atoms with van der Waals surface area (Å²) in [4.78, 5) is 36.9. The molecule has 0 fully saturated rings. The van der Waals surface area contributed by atoms with Gasteiger partial charge in [0.15, 0.2) is 6.61 Å². The van der Waals surface area contributed by atoms with Gasteiger partial charge in [-0.15, -0.1) is 11.3 Å². The first-order valence-corrected chi connectivity index (χ1v) is 12.5. The molecule has 2 aromatic heterocycles. The third-order valence-corrected chi connectivity index (χ3v) is 7.08. The summed E-state index contributed by atoms with van der Waals surface area (Å²) >= 11 is 1.50. The number of amides is 2. The first-order chi connectivity index (χ1) is 17.3. The van der Waals surface area contributed by atoms with E-state index >= 15 is 0 Å². The van der Waals surface area contributed by atoms with Crippen molar-refractivity contribution in [3.8, 4) is 27.7 Å². The lowest BCUT2D eigenvalue weighted by molar-refractivity contribution is -0.125. The number of benzene rings is 2. The fourth-order valence-corrected chi connectivity index (χ4v) is 5.29. The van der Waals surface area contributed by atoms with Crippen LogP contribution in [0, 0.1) is 20.8 Å². The highest BCUT2D eigenvalue weighted by Gasteiger charge is 2.34. The molecular formula is C28H26N4O3S. The van der Waals surface area contributed by atoms with Crippen molar-refractivity contribution in [3.05, 3.63) is 76.8 Å². The smallest absolute Gasteiger partial charge is 0.265 e. The summed E-state index contributed by atoms with van der Waals surface area (Å²) in [6, 6.07) is 14.6. The van der Waals surface area contributed by atoms with Gasteiger partial charge in [-0.1, -0.05) is 23.8 Å². The van der Waals surface area contributed by atoms with Crippen LogP contribution in [0.1, 0.15) is 23.6 Å². The van der Waals surface area contributed by atoms with Gasteiger partial charge in [-0.2, -0.15) is 0 Å². The van der Waals surface area contributed by atoms with Crippen molar-refractivity contribution in [2.75, 3.05) is 16.8 Å². The maximum absolute atomic E-state index is 13.3. The van der Waals surface area contributed by atoms with E-state index in [1.807, 2.05) is 74.7 Å². The van der Waals surface area contributed by atoms with E-state index in [2.05, 4.69) is 10.3 Å². The Bertz CT molecular complexity index is 1440. The maximum Gasteiger partial charge on any atom is 0.265 e. The van der Waals surface area contributed by atoms with Crippen molar-refractivity contribution in [3.63, 3.8) is 0 Å². The zero-order valence-electron chi connectivity index (χ0n) is 20.5.